The molecule has 2 aromatic heterocycles. The molecular formula is C14H19N7O. The van der Waals surface area contributed by atoms with Crippen LogP contribution in [0.2, 0.25) is 0 Å². The molecule has 2 heterocycles. The quantitative estimate of drug-likeness (QED) is 0.901. The fourth-order valence-electron chi connectivity index (χ4n) is 1.92. The molecule has 0 aliphatic rings. The summed E-state index contributed by atoms with van der Waals surface area (Å²) in [5.41, 5.74) is 1.23. The Morgan fingerprint density at radius 3 is 2.64 bits per heavy atom. The highest BCUT2D eigenvalue weighted by molar-refractivity contribution is 5.89. The molecule has 116 valence electrons. The van der Waals surface area contributed by atoms with Crippen LogP contribution in [0.3, 0.4) is 0 Å². The predicted octanol–water partition coefficient (Wildman–Crippen LogP) is 1.95. The Kier molecular flexibility index (Phi) is 4.46. The molecule has 8 heteroatoms. The zero-order chi connectivity index (χ0) is 16.3. The maximum absolute atomic E-state index is 12.0. The predicted molar refractivity (Wildman–Crippen MR) is 81.1 cm³/mol. The van der Waals surface area contributed by atoms with Gasteiger partial charge in [-0.25, -0.2) is 4.79 Å². The van der Waals surface area contributed by atoms with Crippen molar-refractivity contribution in [1.29, 1.82) is 5.26 Å². The highest BCUT2D eigenvalue weighted by Gasteiger charge is 2.15. The van der Waals surface area contributed by atoms with E-state index >= 15 is 0 Å². The third-order valence-corrected chi connectivity index (χ3v) is 3.19. The molecule has 8 nitrogen and oxygen atoms in total. The highest BCUT2D eigenvalue weighted by atomic mass is 16.2. The van der Waals surface area contributed by atoms with Crippen LogP contribution in [0.15, 0.2) is 18.6 Å². The molecule has 0 aliphatic carbocycles. The Hall–Kier alpha value is -2.82. The molecule has 2 rings (SSSR count). The van der Waals surface area contributed by atoms with Crippen molar-refractivity contribution in [3.8, 4) is 6.07 Å². The molecule has 2 amide bonds. The fraction of sp³-hybridized carbons (Fsp3) is 0.429. The summed E-state index contributed by atoms with van der Waals surface area (Å²) in [7, 11) is 1.81. The minimum atomic E-state index is -0.415. The van der Waals surface area contributed by atoms with Gasteiger partial charge in [-0.2, -0.15) is 15.5 Å². The van der Waals surface area contributed by atoms with E-state index in [2.05, 4.69) is 20.8 Å². The molecule has 0 spiro atoms. The summed E-state index contributed by atoms with van der Waals surface area (Å²) in [5.74, 6) is 0.257. The van der Waals surface area contributed by atoms with E-state index in [9.17, 15) is 4.79 Å². The number of aromatic nitrogens is 4. The second-order valence-electron chi connectivity index (χ2n) is 5.34. The largest absolute Gasteiger partial charge is 0.331 e. The van der Waals surface area contributed by atoms with Crippen LogP contribution in [0.25, 0.3) is 0 Å². The maximum Gasteiger partial charge on any atom is 0.320 e. The first-order valence-electron chi connectivity index (χ1n) is 6.96. The van der Waals surface area contributed by atoms with Crippen LogP contribution >= 0.6 is 0 Å². The Balaban J connectivity index is 2.04. The highest BCUT2D eigenvalue weighted by Crippen LogP contribution is 2.16. The lowest BCUT2D eigenvalue weighted by molar-refractivity contribution is 0.249. The first-order chi connectivity index (χ1) is 10.4. The molecule has 0 bridgehead atoms. The molecule has 0 saturated carbocycles. The van der Waals surface area contributed by atoms with Gasteiger partial charge in [-0.1, -0.05) is 0 Å². The third-order valence-electron chi connectivity index (χ3n) is 3.19. The monoisotopic (exact) mass is 301 g/mol. The molecule has 0 aromatic carbocycles. The molecule has 0 unspecified atom stereocenters. The number of nitriles is 1. The van der Waals surface area contributed by atoms with Crippen LogP contribution in [0.4, 0.5) is 10.6 Å². The van der Waals surface area contributed by atoms with Gasteiger partial charge in [-0.3, -0.25) is 14.7 Å². The van der Waals surface area contributed by atoms with Crippen molar-refractivity contribution in [2.45, 2.75) is 32.9 Å². The minimum absolute atomic E-state index is 0.111. The molecule has 22 heavy (non-hydrogen) atoms. The van der Waals surface area contributed by atoms with E-state index in [-0.39, 0.29) is 17.9 Å². The lowest BCUT2D eigenvalue weighted by Crippen LogP contribution is -2.31. The maximum atomic E-state index is 12.0. The van der Waals surface area contributed by atoms with Crippen LogP contribution in [0.1, 0.15) is 44.0 Å². The van der Waals surface area contributed by atoms with Crippen molar-refractivity contribution in [2.24, 2.45) is 7.05 Å². The molecule has 2 N–H and O–H groups in total. The Labute approximate surface area is 128 Å². The molecular weight excluding hydrogens is 282 g/mol. The van der Waals surface area contributed by atoms with E-state index in [0.717, 1.165) is 5.56 Å². The van der Waals surface area contributed by atoms with Crippen LogP contribution < -0.4 is 10.6 Å². The van der Waals surface area contributed by atoms with Gasteiger partial charge >= 0.3 is 6.03 Å². The minimum Gasteiger partial charge on any atom is -0.331 e. The fourth-order valence-corrected chi connectivity index (χ4v) is 1.92. The van der Waals surface area contributed by atoms with Crippen LogP contribution in [-0.2, 0) is 7.05 Å². The van der Waals surface area contributed by atoms with Gasteiger partial charge in [0.2, 0.25) is 0 Å². The van der Waals surface area contributed by atoms with Crippen molar-refractivity contribution in [1.82, 2.24) is 24.9 Å². The number of hydrogen-bond acceptors (Lipinski definition) is 4. The van der Waals surface area contributed by atoms with Crippen molar-refractivity contribution in [2.75, 3.05) is 5.32 Å². The van der Waals surface area contributed by atoms with Gasteiger partial charge in [0.1, 0.15) is 11.6 Å². The number of amides is 2. The number of carbonyl (C=O) groups is 1. The van der Waals surface area contributed by atoms with Crippen molar-refractivity contribution in [3.05, 3.63) is 29.7 Å². The van der Waals surface area contributed by atoms with Gasteiger partial charge in [-0.05, 0) is 20.8 Å². The molecule has 0 radical (unpaired) electrons. The first kappa shape index (κ1) is 15.6. The zero-order valence-electron chi connectivity index (χ0n) is 13.0. The average Bonchev–Trinajstić information content (AvgIpc) is 3.05. The Bertz CT molecular complexity index is 707. The van der Waals surface area contributed by atoms with Gasteiger partial charge in [0.25, 0.3) is 0 Å². The van der Waals surface area contributed by atoms with Gasteiger partial charge in [-0.15, -0.1) is 0 Å². The number of nitrogens with zero attached hydrogens (tertiary/aromatic N) is 5. The van der Waals surface area contributed by atoms with Crippen LogP contribution in [-0.4, -0.2) is 25.6 Å². The molecule has 0 saturated heterocycles. The molecule has 2 aromatic rings. The summed E-state index contributed by atoms with van der Waals surface area (Å²) >= 11 is 0. The number of rotatable bonds is 4. The van der Waals surface area contributed by atoms with Crippen molar-refractivity contribution >= 4 is 11.8 Å². The average molecular weight is 301 g/mol. The van der Waals surface area contributed by atoms with E-state index in [4.69, 9.17) is 5.26 Å². The SMILES string of the molecule is CC(C)n1cc(C#N)c(NC(=O)N[C@@H](C)c2cnn(C)c2)n1. The number of urea groups is 1. The number of hydrogen-bond donors (Lipinski definition) is 2. The standard InChI is InChI=1S/C14H19N7O/c1-9(2)21-8-11(5-15)13(19-21)18-14(22)17-10(3)12-6-16-20(4)7-12/h6-10H,1-4H3,(H2,17,18,19,22)/t10-/m0/s1. The molecule has 0 fully saturated rings. The summed E-state index contributed by atoms with van der Waals surface area (Å²) in [5, 5.41) is 22.8. The zero-order valence-corrected chi connectivity index (χ0v) is 13.0. The van der Waals surface area contributed by atoms with E-state index < -0.39 is 6.03 Å². The van der Waals surface area contributed by atoms with Crippen molar-refractivity contribution in [3.63, 3.8) is 0 Å². The van der Waals surface area contributed by atoms with Gasteiger partial charge < -0.3 is 5.32 Å². The smallest absolute Gasteiger partial charge is 0.320 e. The normalized spacial score (nSPS) is 12.0. The van der Waals surface area contributed by atoms with E-state index in [0.29, 0.717) is 5.56 Å². The lowest BCUT2D eigenvalue weighted by atomic mass is 10.2. The second kappa shape index (κ2) is 6.30. The van der Waals surface area contributed by atoms with Crippen LogP contribution in [0, 0.1) is 11.3 Å². The number of anilines is 1. The summed E-state index contributed by atoms with van der Waals surface area (Å²) < 4.78 is 3.31. The van der Waals surface area contributed by atoms with E-state index in [1.54, 1.807) is 21.8 Å². The summed E-state index contributed by atoms with van der Waals surface area (Å²) in [6.45, 7) is 5.75. The summed E-state index contributed by atoms with van der Waals surface area (Å²) in [6, 6.07) is 1.52. The number of aryl methyl sites for hydroxylation is 1. The Morgan fingerprint density at radius 2 is 2.09 bits per heavy atom. The Morgan fingerprint density at radius 1 is 1.36 bits per heavy atom. The van der Waals surface area contributed by atoms with Crippen molar-refractivity contribution < 1.29 is 4.79 Å². The van der Waals surface area contributed by atoms with E-state index in [1.807, 2.05) is 40.1 Å². The molecule has 0 aliphatic heterocycles. The lowest BCUT2D eigenvalue weighted by Gasteiger charge is -2.12. The topological polar surface area (TPSA) is 101 Å². The first-order valence-corrected chi connectivity index (χ1v) is 6.96. The number of carbonyl (C=O) groups excluding carboxylic acids is 1. The second-order valence-corrected chi connectivity index (χ2v) is 5.34. The van der Waals surface area contributed by atoms with Crippen LogP contribution in [0.5, 0.6) is 0 Å². The van der Waals surface area contributed by atoms with Gasteiger partial charge in [0.15, 0.2) is 5.82 Å². The summed E-state index contributed by atoms with van der Waals surface area (Å²) in [4.78, 5) is 12.0. The number of nitrogens with one attached hydrogen (secondary N) is 2. The van der Waals surface area contributed by atoms with E-state index in [1.165, 1.54) is 0 Å². The summed E-state index contributed by atoms with van der Waals surface area (Å²) in [6.07, 6.45) is 5.14. The molecule has 1 atom stereocenters. The third kappa shape index (κ3) is 3.44. The van der Waals surface area contributed by atoms with Gasteiger partial charge in [0.05, 0.1) is 12.2 Å². The van der Waals surface area contributed by atoms with Gasteiger partial charge in [0, 0.05) is 31.0 Å².